The number of esters is 1. The zero-order chi connectivity index (χ0) is 14.9. The van der Waals surface area contributed by atoms with Gasteiger partial charge in [0.15, 0.2) is 0 Å². The molecule has 0 saturated heterocycles. The van der Waals surface area contributed by atoms with Crippen molar-refractivity contribution in [2.45, 2.75) is 34.1 Å². The molecule has 0 aliphatic carbocycles. The van der Waals surface area contributed by atoms with Crippen molar-refractivity contribution >= 4 is 27.5 Å². The van der Waals surface area contributed by atoms with Gasteiger partial charge in [0.1, 0.15) is 15.5 Å². The lowest BCUT2D eigenvalue weighted by Gasteiger charge is -2.05. The van der Waals surface area contributed by atoms with E-state index >= 15 is 0 Å². The third kappa shape index (κ3) is 2.75. The minimum atomic E-state index is -0.378. The Morgan fingerprint density at radius 1 is 1.45 bits per heavy atom. The second-order valence-corrected chi connectivity index (χ2v) is 6.09. The molecule has 2 aromatic rings. The summed E-state index contributed by atoms with van der Waals surface area (Å²) in [5, 5.41) is 0.490. The average molecular weight is 294 g/mol. The molecule has 108 valence electrons. The maximum atomic E-state index is 12.1. The van der Waals surface area contributed by atoms with E-state index in [1.54, 1.807) is 6.92 Å². The molecule has 2 heterocycles. The van der Waals surface area contributed by atoms with Gasteiger partial charge >= 0.3 is 5.97 Å². The predicted octanol–water partition coefficient (Wildman–Crippen LogP) is 2.67. The molecule has 0 aliphatic heterocycles. The summed E-state index contributed by atoms with van der Waals surface area (Å²) in [6, 6.07) is 0. The number of thiophene rings is 1. The Hall–Kier alpha value is -1.69. The van der Waals surface area contributed by atoms with E-state index in [0.29, 0.717) is 39.5 Å². The summed E-state index contributed by atoms with van der Waals surface area (Å²) in [7, 11) is 0. The van der Waals surface area contributed by atoms with Gasteiger partial charge < -0.3 is 9.72 Å². The summed E-state index contributed by atoms with van der Waals surface area (Å²) in [6.07, 6.45) is 0.648. The fourth-order valence-electron chi connectivity index (χ4n) is 1.86. The SMILES string of the molecule is CCc1nc2sc(C(=O)OCC(C)C)c(C)c2c(=O)[nH]1. The van der Waals surface area contributed by atoms with Gasteiger partial charge in [-0.25, -0.2) is 9.78 Å². The first-order chi connectivity index (χ1) is 9.43. The van der Waals surface area contributed by atoms with Crippen LogP contribution in [0.3, 0.4) is 0 Å². The van der Waals surface area contributed by atoms with Crippen molar-refractivity contribution in [1.82, 2.24) is 9.97 Å². The number of fused-ring (bicyclic) bond motifs is 1. The fourth-order valence-corrected chi connectivity index (χ4v) is 2.95. The van der Waals surface area contributed by atoms with Gasteiger partial charge in [-0.2, -0.15) is 0 Å². The Balaban J connectivity index is 2.46. The lowest BCUT2D eigenvalue weighted by Crippen LogP contribution is -2.12. The third-order valence-corrected chi connectivity index (χ3v) is 4.08. The van der Waals surface area contributed by atoms with E-state index in [0.717, 1.165) is 0 Å². The van der Waals surface area contributed by atoms with E-state index in [9.17, 15) is 9.59 Å². The number of hydrogen-bond acceptors (Lipinski definition) is 5. The summed E-state index contributed by atoms with van der Waals surface area (Å²) in [5.41, 5.74) is 0.457. The summed E-state index contributed by atoms with van der Waals surface area (Å²) < 4.78 is 5.23. The van der Waals surface area contributed by atoms with Crippen LogP contribution in [-0.2, 0) is 11.2 Å². The average Bonchev–Trinajstić information content (AvgIpc) is 2.73. The van der Waals surface area contributed by atoms with Gasteiger partial charge in [-0.3, -0.25) is 4.79 Å². The number of aromatic nitrogens is 2. The smallest absolute Gasteiger partial charge is 0.348 e. The second-order valence-electron chi connectivity index (χ2n) is 5.09. The topological polar surface area (TPSA) is 72.0 Å². The minimum Gasteiger partial charge on any atom is -0.461 e. The van der Waals surface area contributed by atoms with Crippen LogP contribution < -0.4 is 5.56 Å². The van der Waals surface area contributed by atoms with Crippen LogP contribution in [0.1, 0.15) is 41.8 Å². The van der Waals surface area contributed by atoms with Crippen LogP contribution in [0.5, 0.6) is 0 Å². The van der Waals surface area contributed by atoms with Crippen LogP contribution in [0.15, 0.2) is 4.79 Å². The minimum absolute atomic E-state index is 0.191. The lowest BCUT2D eigenvalue weighted by atomic mass is 10.2. The van der Waals surface area contributed by atoms with E-state index in [4.69, 9.17) is 4.74 Å². The zero-order valence-electron chi connectivity index (χ0n) is 12.1. The Labute approximate surface area is 121 Å². The molecular formula is C14H18N2O3S. The molecule has 0 unspecified atom stereocenters. The molecule has 0 bridgehead atoms. The highest BCUT2D eigenvalue weighted by Crippen LogP contribution is 2.27. The second kappa shape index (κ2) is 5.75. The summed E-state index contributed by atoms with van der Waals surface area (Å²) in [5.74, 6) is 0.532. The zero-order valence-corrected chi connectivity index (χ0v) is 12.9. The van der Waals surface area contributed by atoms with Crippen molar-refractivity contribution in [3.63, 3.8) is 0 Å². The van der Waals surface area contributed by atoms with Crippen LogP contribution in [0.25, 0.3) is 10.2 Å². The molecule has 0 spiro atoms. The van der Waals surface area contributed by atoms with Crippen molar-refractivity contribution < 1.29 is 9.53 Å². The molecule has 0 atom stereocenters. The number of H-pyrrole nitrogens is 1. The standard InChI is InChI=1S/C14H18N2O3S/c1-5-9-15-12(17)10-8(4)11(20-13(10)16-9)14(18)19-6-7(2)3/h7H,5-6H2,1-4H3,(H,15,16,17). The molecule has 0 aliphatic rings. The van der Waals surface area contributed by atoms with Gasteiger partial charge in [-0.15, -0.1) is 11.3 Å². The molecule has 6 heteroatoms. The van der Waals surface area contributed by atoms with Crippen LogP contribution in [0, 0.1) is 12.8 Å². The number of rotatable bonds is 4. The van der Waals surface area contributed by atoms with Crippen LogP contribution in [0.4, 0.5) is 0 Å². The monoisotopic (exact) mass is 294 g/mol. The Bertz CT molecular complexity index is 700. The number of aryl methyl sites for hydroxylation is 2. The molecule has 0 radical (unpaired) electrons. The van der Waals surface area contributed by atoms with E-state index in [1.807, 2.05) is 20.8 Å². The molecular weight excluding hydrogens is 276 g/mol. The number of carbonyl (C=O) groups excluding carboxylic acids is 1. The quantitative estimate of drug-likeness (QED) is 0.880. The number of nitrogens with one attached hydrogen (secondary N) is 1. The van der Waals surface area contributed by atoms with Gasteiger partial charge in [0.05, 0.1) is 12.0 Å². The van der Waals surface area contributed by atoms with Gasteiger partial charge in [-0.05, 0) is 18.4 Å². The van der Waals surface area contributed by atoms with Crippen LogP contribution in [-0.4, -0.2) is 22.5 Å². The molecule has 1 N–H and O–H groups in total. The molecule has 5 nitrogen and oxygen atoms in total. The Kier molecular flexibility index (Phi) is 4.23. The normalized spacial score (nSPS) is 11.2. The van der Waals surface area contributed by atoms with Crippen LogP contribution in [0.2, 0.25) is 0 Å². The molecule has 0 amide bonds. The maximum absolute atomic E-state index is 12.1. The molecule has 0 saturated carbocycles. The summed E-state index contributed by atoms with van der Waals surface area (Å²) in [4.78, 5) is 32.3. The van der Waals surface area contributed by atoms with Crippen molar-refractivity contribution in [3.05, 3.63) is 26.6 Å². The highest BCUT2D eigenvalue weighted by atomic mass is 32.1. The van der Waals surface area contributed by atoms with E-state index < -0.39 is 0 Å². The van der Waals surface area contributed by atoms with E-state index in [2.05, 4.69) is 9.97 Å². The highest BCUT2D eigenvalue weighted by molar-refractivity contribution is 7.20. The first-order valence-electron chi connectivity index (χ1n) is 6.63. The third-order valence-electron chi connectivity index (χ3n) is 2.92. The van der Waals surface area contributed by atoms with Gasteiger partial charge in [0, 0.05) is 6.42 Å². The van der Waals surface area contributed by atoms with Gasteiger partial charge in [-0.1, -0.05) is 20.8 Å². The molecule has 2 rings (SSSR count). The van der Waals surface area contributed by atoms with E-state index in [1.165, 1.54) is 11.3 Å². The number of carbonyl (C=O) groups is 1. The number of aromatic amines is 1. The maximum Gasteiger partial charge on any atom is 0.348 e. The number of hydrogen-bond donors (Lipinski definition) is 1. The first kappa shape index (κ1) is 14.7. The van der Waals surface area contributed by atoms with E-state index in [-0.39, 0.29) is 17.4 Å². The summed E-state index contributed by atoms with van der Waals surface area (Å²) >= 11 is 1.22. The fraction of sp³-hybridized carbons (Fsp3) is 0.500. The molecule has 0 aromatic carbocycles. The largest absolute Gasteiger partial charge is 0.461 e. The Morgan fingerprint density at radius 3 is 2.75 bits per heavy atom. The Morgan fingerprint density at radius 2 is 2.15 bits per heavy atom. The number of ether oxygens (including phenoxy) is 1. The summed E-state index contributed by atoms with van der Waals surface area (Å²) in [6.45, 7) is 8.00. The van der Waals surface area contributed by atoms with Gasteiger partial charge in [0.2, 0.25) is 0 Å². The predicted molar refractivity (Wildman–Crippen MR) is 79.5 cm³/mol. The van der Waals surface area contributed by atoms with Gasteiger partial charge in [0.25, 0.3) is 5.56 Å². The van der Waals surface area contributed by atoms with Crippen molar-refractivity contribution in [3.8, 4) is 0 Å². The number of nitrogens with zero attached hydrogens (tertiary/aromatic N) is 1. The molecule has 0 fully saturated rings. The highest BCUT2D eigenvalue weighted by Gasteiger charge is 2.20. The van der Waals surface area contributed by atoms with Crippen molar-refractivity contribution in [1.29, 1.82) is 0 Å². The van der Waals surface area contributed by atoms with Crippen molar-refractivity contribution in [2.75, 3.05) is 6.61 Å². The molecule has 20 heavy (non-hydrogen) atoms. The molecule has 2 aromatic heterocycles. The van der Waals surface area contributed by atoms with Crippen LogP contribution >= 0.6 is 11.3 Å². The lowest BCUT2D eigenvalue weighted by molar-refractivity contribution is 0.0464. The van der Waals surface area contributed by atoms with Crippen molar-refractivity contribution in [2.24, 2.45) is 5.92 Å². The first-order valence-corrected chi connectivity index (χ1v) is 7.45.